The quantitative estimate of drug-likeness (QED) is 0.442. The van der Waals surface area contributed by atoms with Gasteiger partial charge in [0.2, 0.25) is 0 Å². The smallest absolute Gasteiger partial charge is 0.417 e. The highest BCUT2D eigenvalue weighted by Crippen LogP contribution is 2.24. The summed E-state index contributed by atoms with van der Waals surface area (Å²) >= 11 is 0. The van der Waals surface area contributed by atoms with Crippen LogP contribution in [0.2, 0.25) is 0 Å². The number of aliphatic hydroxyl groups is 1. The summed E-state index contributed by atoms with van der Waals surface area (Å²) in [6, 6.07) is 24.8. The van der Waals surface area contributed by atoms with E-state index in [-0.39, 0.29) is 12.6 Å². The van der Waals surface area contributed by atoms with Crippen molar-refractivity contribution in [3.8, 4) is 11.5 Å². The maximum atomic E-state index is 12.2. The minimum atomic E-state index is -0.589. The Bertz CT molecular complexity index is 1030. The zero-order valence-electron chi connectivity index (χ0n) is 18.6. The fourth-order valence-electron chi connectivity index (χ4n) is 4.03. The van der Waals surface area contributed by atoms with Crippen molar-refractivity contribution in [2.45, 2.75) is 37.8 Å². The molecule has 0 aliphatic heterocycles. The van der Waals surface area contributed by atoms with Crippen molar-refractivity contribution >= 4 is 11.8 Å². The Morgan fingerprint density at radius 2 is 1.70 bits per heavy atom. The predicted molar refractivity (Wildman–Crippen MR) is 129 cm³/mol. The Kier molecular flexibility index (Phi) is 7.95. The molecule has 0 bridgehead atoms. The maximum Gasteiger partial charge on any atom is 0.417 e. The number of hydrogen-bond acceptors (Lipinski definition) is 5. The standard InChI is InChI=1S/C27H30N2O4/c30-24(19-32-25-10-3-1-4-11-25)18-28-22-9-7-8-20-14-15-23(17-21(20)16-22)29-27(31)33-26-12-5-2-6-13-26/h1-6,10-15,17,22,24,28,30H,7-9,16,18-19H2,(H,29,31)/t22?,24-/m0/s1. The number of para-hydroxylation sites is 2. The third-order valence-electron chi connectivity index (χ3n) is 5.70. The van der Waals surface area contributed by atoms with Crippen LogP contribution in [-0.2, 0) is 12.8 Å². The van der Waals surface area contributed by atoms with Gasteiger partial charge in [0, 0.05) is 18.3 Å². The summed E-state index contributed by atoms with van der Waals surface area (Å²) in [5.41, 5.74) is 3.22. The third kappa shape index (κ3) is 7.07. The first-order valence-corrected chi connectivity index (χ1v) is 11.4. The SMILES string of the molecule is O=C(Nc1ccc2c(c1)CC(NC[C@H](O)COc1ccccc1)CCC2)Oc1ccccc1. The van der Waals surface area contributed by atoms with Crippen LogP contribution in [0.15, 0.2) is 78.9 Å². The maximum absolute atomic E-state index is 12.2. The predicted octanol–water partition coefficient (Wildman–Crippen LogP) is 4.57. The lowest BCUT2D eigenvalue weighted by atomic mass is 10.0. The number of benzene rings is 3. The van der Waals surface area contributed by atoms with Crippen LogP contribution in [0.5, 0.6) is 11.5 Å². The van der Waals surface area contributed by atoms with Gasteiger partial charge in [0.15, 0.2) is 0 Å². The van der Waals surface area contributed by atoms with Crippen molar-refractivity contribution in [1.82, 2.24) is 5.32 Å². The second kappa shape index (κ2) is 11.5. The highest BCUT2D eigenvalue weighted by Gasteiger charge is 2.18. The fraction of sp³-hybridized carbons (Fsp3) is 0.296. The number of amides is 1. The second-order valence-electron chi connectivity index (χ2n) is 8.29. The number of carbonyl (C=O) groups is 1. The Balaban J connectivity index is 1.29. The monoisotopic (exact) mass is 446 g/mol. The molecule has 0 aromatic heterocycles. The van der Waals surface area contributed by atoms with E-state index >= 15 is 0 Å². The van der Waals surface area contributed by atoms with Crippen molar-refractivity contribution in [3.05, 3.63) is 90.0 Å². The Labute approximate surface area is 194 Å². The Morgan fingerprint density at radius 1 is 0.970 bits per heavy atom. The van der Waals surface area contributed by atoms with Gasteiger partial charge in [-0.3, -0.25) is 5.32 Å². The minimum absolute atomic E-state index is 0.248. The van der Waals surface area contributed by atoms with Crippen LogP contribution >= 0.6 is 0 Å². The van der Waals surface area contributed by atoms with Gasteiger partial charge in [-0.2, -0.15) is 0 Å². The number of hydrogen-bond donors (Lipinski definition) is 3. The van der Waals surface area contributed by atoms with Crippen LogP contribution < -0.4 is 20.1 Å². The molecule has 0 saturated carbocycles. The van der Waals surface area contributed by atoms with E-state index in [1.165, 1.54) is 11.1 Å². The van der Waals surface area contributed by atoms with E-state index in [0.717, 1.165) is 31.4 Å². The minimum Gasteiger partial charge on any atom is -0.491 e. The summed E-state index contributed by atoms with van der Waals surface area (Å²) in [4.78, 5) is 12.2. The molecule has 0 spiro atoms. The molecule has 4 rings (SSSR count). The lowest BCUT2D eigenvalue weighted by Gasteiger charge is -2.20. The number of ether oxygens (including phenoxy) is 2. The molecular formula is C27H30N2O4. The van der Waals surface area contributed by atoms with Crippen molar-refractivity contribution in [1.29, 1.82) is 0 Å². The lowest BCUT2D eigenvalue weighted by Crippen LogP contribution is -2.39. The van der Waals surface area contributed by atoms with Gasteiger partial charge in [-0.15, -0.1) is 0 Å². The molecule has 172 valence electrons. The van der Waals surface area contributed by atoms with Crippen LogP contribution in [0.3, 0.4) is 0 Å². The number of carbonyl (C=O) groups excluding carboxylic acids is 1. The van der Waals surface area contributed by atoms with Crippen LogP contribution in [0, 0.1) is 0 Å². The van der Waals surface area contributed by atoms with Gasteiger partial charge in [0.05, 0.1) is 0 Å². The summed E-state index contributed by atoms with van der Waals surface area (Å²) in [5.74, 6) is 1.26. The molecule has 1 amide bonds. The lowest BCUT2D eigenvalue weighted by molar-refractivity contribution is 0.103. The number of nitrogens with one attached hydrogen (secondary N) is 2. The summed E-state index contributed by atoms with van der Waals surface area (Å²) in [5, 5.41) is 16.6. The highest BCUT2D eigenvalue weighted by atomic mass is 16.6. The van der Waals surface area contributed by atoms with Gasteiger partial charge < -0.3 is 19.9 Å². The van der Waals surface area contributed by atoms with Crippen molar-refractivity contribution in [2.24, 2.45) is 0 Å². The molecule has 2 atom stereocenters. The number of rotatable bonds is 8. The zero-order valence-corrected chi connectivity index (χ0v) is 18.6. The second-order valence-corrected chi connectivity index (χ2v) is 8.29. The fourth-order valence-corrected chi connectivity index (χ4v) is 4.03. The first kappa shape index (κ1) is 22.8. The van der Waals surface area contributed by atoms with Gasteiger partial charge in [0.25, 0.3) is 0 Å². The average Bonchev–Trinajstić information content (AvgIpc) is 3.04. The zero-order chi connectivity index (χ0) is 22.9. The molecule has 0 radical (unpaired) electrons. The van der Waals surface area contributed by atoms with Crippen molar-refractivity contribution < 1.29 is 19.4 Å². The van der Waals surface area contributed by atoms with Crippen LogP contribution in [-0.4, -0.2) is 36.5 Å². The summed E-state index contributed by atoms with van der Waals surface area (Å²) in [7, 11) is 0. The van der Waals surface area contributed by atoms with Gasteiger partial charge >= 0.3 is 6.09 Å². The molecule has 3 N–H and O–H groups in total. The first-order chi connectivity index (χ1) is 16.2. The normalized spacial score (nSPS) is 16.2. The number of aliphatic hydroxyl groups excluding tert-OH is 1. The molecule has 1 aliphatic rings. The van der Waals surface area contributed by atoms with Gasteiger partial charge in [-0.1, -0.05) is 42.5 Å². The molecule has 6 heteroatoms. The molecular weight excluding hydrogens is 416 g/mol. The van der Waals surface area contributed by atoms with Gasteiger partial charge in [-0.25, -0.2) is 4.79 Å². The molecule has 33 heavy (non-hydrogen) atoms. The van der Waals surface area contributed by atoms with Crippen LogP contribution in [0.25, 0.3) is 0 Å². The molecule has 0 fully saturated rings. The average molecular weight is 447 g/mol. The highest BCUT2D eigenvalue weighted by molar-refractivity contribution is 5.86. The van der Waals surface area contributed by atoms with E-state index in [2.05, 4.69) is 16.7 Å². The number of aryl methyl sites for hydroxylation is 1. The molecule has 1 unspecified atom stereocenters. The summed E-state index contributed by atoms with van der Waals surface area (Å²) in [6.07, 6.45) is 2.84. The third-order valence-corrected chi connectivity index (χ3v) is 5.70. The van der Waals surface area contributed by atoms with E-state index in [4.69, 9.17) is 9.47 Å². The van der Waals surface area contributed by atoms with E-state index in [0.29, 0.717) is 18.0 Å². The Morgan fingerprint density at radius 3 is 2.45 bits per heavy atom. The Hall–Kier alpha value is -3.35. The van der Waals surface area contributed by atoms with Crippen molar-refractivity contribution in [2.75, 3.05) is 18.5 Å². The van der Waals surface area contributed by atoms with E-state index in [1.54, 1.807) is 12.1 Å². The topological polar surface area (TPSA) is 79.8 Å². The first-order valence-electron chi connectivity index (χ1n) is 11.4. The van der Waals surface area contributed by atoms with E-state index in [1.807, 2.05) is 60.7 Å². The molecule has 3 aromatic rings. The molecule has 1 aliphatic carbocycles. The van der Waals surface area contributed by atoms with Gasteiger partial charge in [0.1, 0.15) is 24.2 Å². The van der Waals surface area contributed by atoms with Crippen molar-refractivity contribution in [3.63, 3.8) is 0 Å². The van der Waals surface area contributed by atoms with Gasteiger partial charge in [-0.05, 0) is 73.2 Å². The molecule has 0 saturated heterocycles. The number of fused-ring (bicyclic) bond motifs is 1. The summed E-state index contributed by atoms with van der Waals surface area (Å²) < 4.78 is 11.0. The summed E-state index contributed by atoms with van der Waals surface area (Å²) in [6.45, 7) is 0.714. The molecule has 3 aromatic carbocycles. The van der Waals surface area contributed by atoms with Crippen LogP contribution in [0.4, 0.5) is 10.5 Å². The molecule has 0 heterocycles. The van der Waals surface area contributed by atoms with Crippen LogP contribution in [0.1, 0.15) is 24.0 Å². The van der Waals surface area contributed by atoms with E-state index in [9.17, 15) is 9.90 Å². The largest absolute Gasteiger partial charge is 0.491 e. The number of anilines is 1. The molecule has 6 nitrogen and oxygen atoms in total. The van der Waals surface area contributed by atoms with E-state index < -0.39 is 12.2 Å².